The maximum absolute atomic E-state index is 2.56. The van der Waals surface area contributed by atoms with Crippen molar-refractivity contribution in [1.29, 1.82) is 0 Å². The first-order valence-electron chi connectivity index (χ1n) is 51.9. The molecule has 8 aromatic heterocycles. The van der Waals surface area contributed by atoms with Crippen molar-refractivity contribution < 1.29 is 0 Å². The van der Waals surface area contributed by atoms with Crippen LogP contribution in [0.15, 0.2) is 473 Å². The molecule has 33 rings (SSSR count). The highest BCUT2D eigenvalue weighted by Crippen LogP contribution is 2.59. The van der Waals surface area contributed by atoms with Gasteiger partial charge in [-0.05, 0) is 229 Å². The average molecular weight is 1940 g/mol. The summed E-state index contributed by atoms with van der Waals surface area (Å²) < 4.78 is 20.2. The molecule has 0 saturated carbocycles. The number of para-hydroxylation sites is 7. The highest BCUT2D eigenvalue weighted by Gasteiger charge is 2.43. The van der Waals surface area contributed by atoms with Crippen molar-refractivity contribution in [2.45, 2.75) is 57.8 Å². The molecule has 149 heavy (non-hydrogen) atoms. The van der Waals surface area contributed by atoms with Gasteiger partial charge < -0.3 is 27.4 Å². The molecule has 3 aliphatic rings. The lowest BCUT2D eigenvalue weighted by Gasteiger charge is -2.23. The largest absolute Gasteiger partial charge is 0.309 e. The zero-order valence-electron chi connectivity index (χ0n) is 83.0. The number of fused-ring (bicyclic) bond motifs is 36. The normalized spacial score (nSPS) is 13.6. The Morgan fingerprint density at radius 3 is 0.872 bits per heavy atom. The molecule has 0 spiro atoms. The Kier molecular flexibility index (Phi) is 18.4. The number of aromatic nitrogens is 6. The molecule has 0 saturated heterocycles. The number of nitrogens with zero attached hydrogens (tertiary/aromatic N) is 6. The molecular formula is C141H96N6S2. The van der Waals surface area contributed by atoms with Crippen LogP contribution >= 0.6 is 22.7 Å². The standard InChI is InChI=1S/C51H35N3.C51H34N2S.C39H27NS/c1-51(2)43-20-10-6-16-35(43)40-27-28-41-38-19-9-13-23-46(38)54(50(41)49(40)51)33-25-29-47-42(30-33)39-26-24-34(31-48(39)52(47)32-14-4-3-5-15-32)53-44-21-11-7-17-36(44)37-18-8-12-22-45(37)53;1-51(2)43-20-9-6-15-35(43)38-25-26-39-41-29-31(34-18-12-19-40-37-17-8-11-22-47(37)54-50(34)40)23-27-46(41)53(49(39)48(38)51)33-24-28-45-42(30-33)36-16-7-10-21-44(36)52(45)32-13-4-3-5-14-32;1-39(2)33-15-6-3-10-27(33)30-22-23-31-28-11-4-7-16-34(28)40(37(31)36(30)39)25-20-18-24(19-21-25)26-13-9-14-32-29-12-5-8-17-35(29)41-38(26)32/h3-31H,1-2H3;3-30H,1-2H3;3-23H,1-2H3. The van der Waals surface area contributed by atoms with Crippen LogP contribution < -0.4 is 0 Å². The molecule has 8 heterocycles. The van der Waals surface area contributed by atoms with Crippen molar-refractivity contribution in [3.8, 4) is 89.8 Å². The van der Waals surface area contributed by atoms with Crippen LogP contribution in [0.2, 0.25) is 0 Å². The Bertz CT molecular complexity index is 10900. The summed E-state index contributed by atoms with van der Waals surface area (Å²) in [5.41, 5.74) is 43.1. The highest BCUT2D eigenvalue weighted by atomic mass is 32.1. The minimum Gasteiger partial charge on any atom is -0.309 e. The van der Waals surface area contributed by atoms with Crippen LogP contribution in [0.25, 0.3) is 261 Å². The summed E-state index contributed by atoms with van der Waals surface area (Å²) in [4.78, 5) is 0. The fourth-order valence-corrected chi connectivity index (χ4v) is 29.5. The van der Waals surface area contributed by atoms with Crippen LogP contribution in [0.1, 0.15) is 74.9 Å². The molecule has 0 bridgehead atoms. The maximum Gasteiger partial charge on any atom is 0.0588 e. The minimum atomic E-state index is -0.170. The number of hydrogen-bond acceptors (Lipinski definition) is 2. The Morgan fingerprint density at radius 2 is 0.423 bits per heavy atom. The van der Waals surface area contributed by atoms with Gasteiger partial charge in [-0.3, -0.25) is 0 Å². The predicted molar refractivity (Wildman–Crippen MR) is 635 cm³/mol. The molecule has 702 valence electrons. The number of thiophene rings is 2. The third-order valence-corrected chi connectivity index (χ3v) is 35.9. The van der Waals surface area contributed by atoms with E-state index in [2.05, 4.69) is 542 Å². The third-order valence-electron chi connectivity index (χ3n) is 33.5. The minimum absolute atomic E-state index is 0.0890. The molecule has 0 amide bonds. The molecule has 0 aliphatic heterocycles. The second-order valence-electron chi connectivity index (χ2n) is 42.4. The quantitative estimate of drug-likeness (QED) is 0.145. The van der Waals surface area contributed by atoms with Gasteiger partial charge in [0.25, 0.3) is 0 Å². The van der Waals surface area contributed by atoms with Crippen molar-refractivity contribution in [3.63, 3.8) is 0 Å². The van der Waals surface area contributed by atoms with E-state index in [4.69, 9.17) is 0 Å². The number of hydrogen-bond donors (Lipinski definition) is 0. The third kappa shape index (κ3) is 12.3. The van der Waals surface area contributed by atoms with Crippen molar-refractivity contribution in [1.82, 2.24) is 27.4 Å². The van der Waals surface area contributed by atoms with Crippen LogP contribution in [0.5, 0.6) is 0 Å². The summed E-state index contributed by atoms with van der Waals surface area (Å²) >= 11 is 3.79. The van der Waals surface area contributed by atoms with Crippen molar-refractivity contribution in [2.75, 3.05) is 0 Å². The van der Waals surface area contributed by atoms with Gasteiger partial charge in [-0.2, -0.15) is 0 Å². The second kappa shape index (κ2) is 32.0. The van der Waals surface area contributed by atoms with E-state index in [-0.39, 0.29) is 16.2 Å². The van der Waals surface area contributed by atoms with Gasteiger partial charge in [-0.1, -0.05) is 375 Å². The Morgan fingerprint density at radius 1 is 0.154 bits per heavy atom. The monoisotopic (exact) mass is 1940 g/mol. The molecule has 0 N–H and O–H groups in total. The van der Waals surface area contributed by atoms with E-state index in [1.807, 2.05) is 22.7 Å². The van der Waals surface area contributed by atoms with Crippen molar-refractivity contribution in [2.24, 2.45) is 0 Å². The predicted octanol–water partition coefficient (Wildman–Crippen LogP) is 38.6. The van der Waals surface area contributed by atoms with E-state index in [0.717, 1.165) is 11.4 Å². The van der Waals surface area contributed by atoms with Crippen LogP contribution in [-0.2, 0) is 16.2 Å². The van der Waals surface area contributed by atoms with Gasteiger partial charge in [-0.15, -0.1) is 22.7 Å². The summed E-state index contributed by atoms with van der Waals surface area (Å²) in [5, 5.41) is 20.6. The second-order valence-corrected chi connectivity index (χ2v) is 44.5. The van der Waals surface area contributed by atoms with Crippen LogP contribution in [0, 0.1) is 0 Å². The number of rotatable bonds is 8. The molecule has 6 nitrogen and oxygen atoms in total. The summed E-state index contributed by atoms with van der Waals surface area (Å²) in [6, 6.07) is 175. The first-order chi connectivity index (χ1) is 73.2. The molecule has 0 atom stereocenters. The Hall–Kier alpha value is -17.9. The first-order valence-corrected chi connectivity index (χ1v) is 53.6. The molecule has 3 aliphatic carbocycles. The van der Waals surface area contributed by atoms with E-state index in [9.17, 15) is 0 Å². The molecule has 0 radical (unpaired) electrons. The van der Waals surface area contributed by atoms with Gasteiger partial charge >= 0.3 is 0 Å². The highest BCUT2D eigenvalue weighted by molar-refractivity contribution is 7.26. The van der Waals surface area contributed by atoms with Gasteiger partial charge in [-0.25, -0.2) is 0 Å². The van der Waals surface area contributed by atoms with Gasteiger partial charge in [0.1, 0.15) is 0 Å². The van der Waals surface area contributed by atoms with Crippen LogP contribution in [-0.4, -0.2) is 27.4 Å². The van der Waals surface area contributed by atoms with Gasteiger partial charge in [0.05, 0.1) is 66.2 Å². The van der Waals surface area contributed by atoms with Crippen molar-refractivity contribution in [3.05, 3.63) is 507 Å². The SMILES string of the molecule is CC1(C)c2ccccc2-c2ccc3c4cc(-c5cccc6c5sc5ccccc56)ccc4n(-c4ccc5c(c4)c4ccccc4n5-c4ccccc4)c3c21.CC1(C)c2ccccc2-c2ccc3c4ccccc4n(-c4ccc(-c5cccc6c5sc5ccccc56)cc4)c3c21.CC1(C)c2ccccc2-c2ccc3c4ccccc4n(-c4ccc5c(c4)c4ccc(-n6c7ccccc7c7ccccc76)cc4n5-c4ccccc4)c3c21. The smallest absolute Gasteiger partial charge is 0.0588 e. The van der Waals surface area contributed by atoms with Crippen LogP contribution in [0.3, 0.4) is 0 Å². The number of benzene rings is 22. The Balaban J connectivity index is 0.000000102. The van der Waals surface area contributed by atoms with E-state index in [0.29, 0.717) is 0 Å². The summed E-state index contributed by atoms with van der Waals surface area (Å²) in [6.07, 6.45) is 0. The zero-order chi connectivity index (χ0) is 98.7. The first kappa shape index (κ1) is 85.5. The molecule has 0 fully saturated rings. The van der Waals surface area contributed by atoms with Gasteiger partial charge in [0.15, 0.2) is 0 Å². The van der Waals surface area contributed by atoms with E-state index >= 15 is 0 Å². The average Bonchev–Trinajstić information content (AvgIpc) is 1.53. The molecule has 22 aromatic carbocycles. The van der Waals surface area contributed by atoms with Crippen LogP contribution in [0.4, 0.5) is 0 Å². The lowest BCUT2D eigenvalue weighted by molar-refractivity contribution is 0.663. The fraction of sp³-hybridized carbons (Fsp3) is 0.0638. The molecule has 30 aromatic rings. The van der Waals surface area contributed by atoms with E-state index in [1.54, 1.807) is 0 Å². The van der Waals surface area contributed by atoms with Gasteiger partial charge in [0, 0.05) is 155 Å². The summed E-state index contributed by atoms with van der Waals surface area (Å²) in [7, 11) is 0. The maximum atomic E-state index is 2.56. The topological polar surface area (TPSA) is 29.6 Å². The van der Waals surface area contributed by atoms with Gasteiger partial charge in [0.2, 0.25) is 0 Å². The lowest BCUT2D eigenvalue weighted by Crippen LogP contribution is -2.16. The summed E-state index contributed by atoms with van der Waals surface area (Å²) in [6.45, 7) is 14.4. The fourth-order valence-electron chi connectivity index (χ4n) is 27.0. The molecule has 8 heteroatoms. The lowest BCUT2D eigenvalue weighted by atomic mass is 9.81. The zero-order valence-corrected chi connectivity index (χ0v) is 84.7. The molecular weight excluding hydrogens is 1840 g/mol. The van der Waals surface area contributed by atoms with E-state index in [1.165, 1.54) is 283 Å². The molecule has 0 unspecified atom stereocenters. The van der Waals surface area contributed by atoms with Crippen molar-refractivity contribution >= 4 is 194 Å². The van der Waals surface area contributed by atoms with E-state index < -0.39 is 0 Å². The summed E-state index contributed by atoms with van der Waals surface area (Å²) in [5.74, 6) is 0. The Labute approximate surface area is 868 Å².